The van der Waals surface area contributed by atoms with Gasteiger partial charge in [-0.2, -0.15) is 0 Å². The Morgan fingerprint density at radius 3 is 3.00 bits per heavy atom. The predicted molar refractivity (Wildman–Crippen MR) is 72.8 cm³/mol. The molecule has 2 rings (SSSR count). The van der Waals surface area contributed by atoms with Gasteiger partial charge in [0.1, 0.15) is 5.02 Å². The number of nitrogens with one attached hydrogen (secondary N) is 2. The van der Waals surface area contributed by atoms with Crippen LogP contribution in [-0.2, 0) is 0 Å². The Kier molecular flexibility index (Phi) is 3.53. The Bertz CT molecular complexity index is 611. The minimum Gasteiger partial charge on any atom is -0.399 e. The first-order valence-corrected chi connectivity index (χ1v) is 5.81. The van der Waals surface area contributed by atoms with Gasteiger partial charge in [-0.25, -0.2) is 4.98 Å². The number of benzene rings is 1. The monoisotopic (exact) mass is 264 g/mol. The molecule has 0 aliphatic carbocycles. The van der Waals surface area contributed by atoms with Gasteiger partial charge in [0.25, 0.3) is 5.56 Å². The van der Waals surface area contributed by atoms with Crippen LogP contribution in [-0.4, -0.2) is 9.97 Å². The summed E-state index contributed by atoms with van der Waals surface area (Å²) in [6.07, 6.45) is 1.31. The van der Waals surface area contributed by atoms with Crippen LogP contribution in [0.5, 0.6) is 0 Å². The van der Waals surface area contributed by atoms with E-state index >= 15 is 0 Å². The van der Waals surface area contributed by atoms with Crippen LogP contribution >= 0.6 is 11.6 Å². The number of hydrogen-bond acceptors (Lipinski definition) is 4. The Labute approximate surface area is 109 Å². The second-order valence-corrected chi connectivity index (χ2v) is 4.31. The predicted octanol–water partition coefficient (Wildman–Crippen LogP) is 2.18. The average Bonchev–Trinajstić information content (AvgIpc) is 2.35. The van der Waals surface area contributed by atoms with Gasteiger partial charge in [-0.15, -0.1) is 0 Å². The van der Waals surface area contributed by atoms with Crippen molar-refractivity contribution in [2.75, 3.05) is 11.1 Å². The molecular weight excluding hydrogens is 252 g/mol. The van der Waals surface area contributed by atoms with Gasteiger partial charge in [0.15, 0.2) is 5.82 Å². The molecule has 1 heterocycles. The zero-order chi connectivity index (χ0) is 13.1. The smallest absolute Gasteiger partial charge is 0.271 e. The van der Waals surface area contributed by atoms with E-state index in [1.165, 1.54) is 6.33 Å². The van der Waals surface area contributed by atoms with Crippen molar-refractivity contribution in [3.63, 3.8) is 0 Å². The van der Waals surface area contributed by atoms with E-state index < -0.39 is 0 Å². The highest BCUT2D eigenvalue weighted by atomic mass is 35.5. The summed E-state index contributed by atoms with van der Waals surface area (Å²) in [5, 5.41) is 3.13. The van der Waals surface area contributed by atoms with E-state index in [9.17, 15) is 4.79 Å². The summed E-state index contributed by atoms with van der Waals surface area (Å²) < 4.78 is 0. The van der Waals surface area contributed by atoms with Crippen molar-refractivity contribution in [2.24, 2.45) is 0 Å². The molecule has 4 N–H and O–H groups in total. The van der Waals surface area contributed by atoms with Crippen LogP contribution in [0, 0.1) is 0 Å². The Morgan fingerprint density at radius 2 is 2.28 bits per heavy atom. The molecule has 1 atom stereocenters. The fourth-order valence-corrected chi connectivity index (χ4v) is 1.76. The summed E-state index contributed by atoms with van der Waals surface area (Å²) in [5.41, 5.74) is 7.03. The highest BCUT2D eigenvalue weighted by Crippen LogP contribution is 2.22. The Morgan fingerprint density at radius 1 is 1.50 bits per heavy atom. The topological polar surface area (TPSA) is 83.8 Å². The van der Waals surface area contributed by atoms with Gasteiger partial charge in [-0.1, -0.05) is 23.7 Å². The van der Waals surface area contributed by atoms with E-state index in [-0.39, 0.29) is 16.6 Å². The lowest BCUT2D eigenvalue weighted by Gasteiger charge is -2.15. The van der Waals surface area contributed by atoms with Crippen molar-refractivity contribution in [3.05, 3.63) is 51.5 Å². The van der Waals surface area contributed by atoms with Crippen molar-refractivity contribution in [1.29, 1.82) is 0 Å². The van der Waals surface area contributed by atoms with Gasteiger partial charge in [-0.05, 0) is 24.6 Å². The van der Waals surface area contributed by atoms with Gasteiger partial charge in [0.05, 0.1) is 12.4 Å². The minimum absolute atomic E-state index is 0.0493. The van der Waals surface area contributed by atoms with Crippen LogP contribution in [0.2, 0.25) is 5.02 Å². The molecule has 5 nitrogen and oxygen atoms in total. The van der Waals surface area contributed by atoms with Crippen LogP contribution < -0.4 is 16.6 Å². The standard InChI is InChI=1S/C12H13ClN4O/c1-7(8-3-2-4-9(14)5-8)17-11-10(13)12(18)16-6-15-11/h2-7H,14H2,1H3,(H2,15,16,17,18). The number of anilines is 2. The molecule has 0 aliphatic heterocycles. The Hall–Kier alpha value is -2.01. The summed E-state index contributed by atoms with van der Waals surface area (Å²) in [5.74, 6) is 0.357. The number of hydrogen-bond donors (Lipinski definition) is 3. The van der Waals surface area contributed by atoms with E-state index in [1.807, 2.05) is 31.2 Å². The van der Waals surface area contributed by atoms with Crippen molar-refractivity contribution < 1.29 is 0 Å². The normalized spacial score (nSPS) is 12.1. The summed E-state index contributed by atoms with van der Waals surface area (Å²) in [6, 6.07) is 7.43. The molecule has 94 valence electrons. The van der Waals surface area contributed by atoms with Crippen LogP contribution in [0.15, 0.2) is 35.4 Å². The summed E-state index contributed by atoms with van der Waals surface area (Å²) in [4.78, 5) is 17.7. The second kappa shape index (κ2) is 5.10. The summed E-state index contributed by atoms with van der Waals surface area (Å²) in [7, 11) is 0. The minimum atomic E-state index is -0.367. The second-order valence-electron chi connectivity index (χ2n) is 3.93. The van der Waals surface area contributed by atoms with E-state index in [0.29, 0.717) is 11.5 Å². The quantitative estimate of drug-likeness (QED) is 0.742. The van der Waals surface area contributed by atoms with Crippen LogP contribution in [0.3, 0.4) is 0 Å². The maximum absolute atomic E-state index is 11.3. The average molecular weight is 265 g/mol. The molecule has 0 saturated heterocycles. The van der Waals surface area contributed by atoms with E-state index in [2.05, 4.69) is 15.3 Å². The molecule has 0 amide bonds. The van der Waals surface area contributed by atoms with E-state index in [4.69, 9.17) is 17.3 Å². The highest BCUT2D eigenvalue weighted by molar-refractivity contribution is 6.32. The number of aromatic amines is 1. The van der Waals surface area contributed by atoms with Gasteiger partial charge >= 0.3 is 0 Å². The third-order valence-electron chi connectivity index (χ3n) is 2.56. The van der Waals surface area contributed by atoms with Crippen molar-refractivity contribution in [3.8, 4) is 0 Å². The van der Waals surface area contributed by atoms with Gasteiger partial charge in [0.2, 0.25) is 0 Å². The van der Waals surface area contributed by atoms with Gasteiger partial charge < -0.3 is 16.0 Å². The van der Waals surface area contributed by atoms with E-state index in [0.717, 1.165) is 5.56 Å². The summed E-state index contributed by atoms with van der Waals surface area (Å²) >= 11 is 5.86. The van der Waals surface area contributed by atoms with Crippen LogP contribution in [0.4, 0.5) is 11.5 Å². The molecule has 0 radical (unpaired) electrons. The first-order chi connectivity index (χ1) is 8.58. The molecule has 18 heavy (non-hydrogen) atoms. The number of halogens is 1. The first kappa shape index (κ1) is 12.4. The van der Waals surface area contributed by atoms with Gasteiger partial charge in [0, 0.05) is 5.69 Å². The van der Waals surface area contributed by atoms with Crippen LogP contribution in [0.25, 0.3) is 0 Å². The first-order valence-electron chi connectivity index (χ1n) is 5.43. The highest BCUT2D eigenvalue weighted by Gasteiger charge is 2.10. The molecule has 0 aliphatic rings. The number of H-pyrrole nitrogens is 1. The number of rotatable bonds is 3. The molecule has 1 aromatic heterocycles. The molecule has 1 aromatic carbocycles. The largest absolute Gasteiger partial charge is 0.399 e. The lowest BCUT2D eigenvalue weighted by molar-refractivity contribution is 0.871. The lowest BCUT2D eigenvalue weighted by atomic mass is 10.1. The zero-order valence-corrected chi connectivity index (χ0v) is 10.5. The van der Waals surface area contributed by atoms with Crippen molar-refractivity contribution in [1.82, 2.24) is 9.97 Å². The third kappa shape index (κ3) is 2.62. The molecule has 0 spiro atoms. The third-order valence-corrected chi connectivity index (χ3v) is 2.91. The molecule has 1 unspecified atom stereocenters. The SMILES string of the molecule is CC(Nc1nc[nH]c(=O)c1Cl)c1cccc(N)c1. The zero-order valence-electron chi connectivity index (χ0n) is 9.77. The number of nitrogens with two attached hydrogens (primary N) is 1. The number of nitrogen functional groups attached to an aromatic ring is 1. The lowest BCUT2D eigenvalue weighted by Crippen LogP contribution is -2.14. The van der Waals surface area contributed by atoms with Crippen LogP contribution in [0.1, 0.15) is 18.5 Å². The Balaban J connectivity index is 2.24. The van der Waals surface area contributed by atoms with Crippen molar-refractivity contribution >= 4 is 23.1 Å². The van der Waals surface area contributed by atoms with Crippen molar-refractivity contribution in [2.45, 2.75) is 13.0 Å². The molecule has 0 fully saturated rings. The number of nitrogens with zero attached hydrogens (tertiary/aromatic N) is 1. The fourth-order valence-electron chi connectivity index (χ4n) is 1.60. The fraction of sp³-hybridized carbons (Fsp3) is 0.167. The molecule has 2 aromatic rings. The molecule has 6 heteroatoms. The molecule has 0 bridgehead atoms. The van der Waals surface area contributed by atoms with Gasteiger partial charge in [-0.3, -0.25) is 4.79 Å². The summed E-state index contributed by atoms with van der Waals surface area (Å²) in [6.45, 7) is 1.94. The molecule has 0 saturated carbocycles. The number of aromatic nitrogens is 2. The van der Waals surface area contributed by atoms with E-state index in [1.54, 1.807) is 0 Å². The molecular formula is C12H13ClN4O. The maximum Gasteiger partial charge on any atom is 0.271 e. The maximum atomic E-state index is 11.3.